The molecule has 1 spiro atoms. The number of hydrogen-bond donors (Lipinski definition) is 1. The molecule has 6 rings (SSSR count). The third-order valence-electron chi connectivity index (χ3n) is 7.79. The number of pyridine rings is 3. The van der Waals surface area contributed by atoms with Gasteiger partial charge in [-0.05, 0) is 56.0 Å². The summed E-state index contributed by atoms with van der Waals surface area (Å²) in [5.74, 6) is 6.23. The number of hydrogen-bond acceptors (Lipinski definition) is 7. The standard InChI is InChI=1S/C28H28F2N6O2/c1-35-7-6-28(17-35)13-23(28)27(37)34-24-12-21-18(14-33-25(26(29)30)22(21)16-32-24)2-3-19-4-5-20(15-31-19)36-8-10-38-11-9-36/h4-5,12,14-16,23,26H,6-11,13,17H2,1H3,(H,32,34,37)/t23-,28+/m1/s1. The molecule has 2 atom stereocenters. The summed E-state index contributed by atoms with van der Waals surface area (Å²) in [7, 11) is 2.07. The zero-order chi connectivity index (χ0) is 26.3. The van der Waals surface area contributed by atoms with Gasteiger partial charge in [0.25, 0.3) is 6.43 Å². The number of alkyl halides is 2. The van der Waals surface area contributed by atoms with Crippen LogP contribution in [0.15, 0.2) is 36.8 Å². The van der Waals surface area contributed by atoms with Gasteiger partial charge in [0.1, 0.15) is 17.2 Å². The highest BCUT2D eigenvalue weighted by Crippen LogP contribution is 2.58. The van der Waals surface area contributed by atoms with E-state index in [9.17, 15) is 13.6 Å². The molecule has 0 aromatic carbocycles. The Labute approximate surface area is 219 Å². The van der Waals surface area contributed by atoms with Gasteiger partial charge < -0.3 is 19.9 Å². The van der Waals surface area contributed by atoms with Crippen molar-refractivity contribution in [3.05, 3.63) is 53.7 Å². The van der Waals surface area contributed by atoms with E-state index in [0.29, 0.717) is 35.7 Å². The van der Waals surface area contributed by atoms with E-state index in [-0.39, 0.29) is 28.3 Å². The molecule has 10 heteroatoms. The Morgan fingerprint density at radius 1 is 1.11 bits per heavy atom. The maximum atomic E-state index is 13.7. The number of fused-ring (bicyclic) bond motifs is 1. The Kier molecular flexibility index (Phi) is 6.41. The number of nitrogens with one attached hydrogen (secondary N) is 1. The van der Waals surface area contributed by atoms with Gasteiger partial charge >= 0.3 is 0 Å². The van der Waals surface area contributed by atoms with E-state index in [1.165, 1.54) is 12.4 Å². The topological polar surface area (TPSA) is 83.5 Å². The number of rotatable bonds is 4. The second kappa shape index (κ2) is 9.89. The van der Waals surface area contributed by atoms with Crippen molar-refractivity contribution in [1.82, 2.24) is 19.9 Å². The lowest BCUT2D eigenvalue weighted by Gasteiger charge is -2.28. The van der Waals surface area contributed by atoms with Crippen LogP contribution in [-0.4, -0.2) is 72.2 Å². The second-order valence-corrected chi connectivity index (χ2v) is 10.3. The number of nitrogens with zero attached hydrogens (tertiary/aromatic N) is 5. The molecule has 3 aromatic heterocycles. The Bertz CT molecular complexity index is 1430. The van der Waals surface area contributed by atoms with Crippen molar-refractivity contribution in [3.8, 4) is 11.8 Å². The number of anilines is 2. The van der Waals surface area contributed by atoms with Gasteiger partial charge in [0, 0.05) is 48.7 Å². The molecule has 1 aliphatic carbocycles. The van der Waals surface area contributed by atoms with Gasteiger partial charge in [-0.2, -0.15) is 0 Å². The zero-order valence-electron chi connectivity index (χ0n) is 21.1. The summed E-state index contributed by atoms with van der Waals surface area (Å²) in [5.41, 5.74) is 1.71. The molecule has 0 radical (unpaired) electrons. The van der Waals surface area contributed by atoms with Gasteiger partial charge in [-0.1, -0.05) is 5.92 Å². The lowest BCUT2D eigenvalue weighted by molar-refractivity contribution is -0.118. The fourth-order valence-electron chi connectivity index (χ4n) is 5.59. The van der Waals surface area contributed by atoms with Crippen molar-refractivity contribution in [2.24, 2.45) is 11.3 Å². The van der Waals surface area contributed by atoms with E-state index in [1.807, 2.05) is 12.1 Å². The zero-order valence-corrected chi connectivity index (χ0v) is 21.1. The van der Waals surface area contributed by atoms with Crippen LogP contribution in [0.5, 0.6) is 0 Å². The lowest BCUT2D eigenvalue weighted by Crippen LogP contribution is -2.36. The molecule has 3 aromatic rings. The third kappa shape index (κ3) is 4.79. The van der Waals surface area contributed by atoms with Crippen LogP contribution in [0.4, 0.5) is 20.3 Å². The fraction of sp³-hybridized carbons (Fsp3) is 0.429. The number of halogens is 2. The predicted octanol–water partition coefficient (Wildman–Crippen LogP) is 3.48. The second-order valence-electron chi connectivity index (χ2n) is 10.3. The first-order valence-corrected chi connectivity index (χ1v) is 12.8. The first kappa shape index (κ1) is 24.6. The van der Waals surface area contributed by atoms with Gasteiger partial charge in [-0.3, -0.25) is 9.78 Å². The summed E-state index contributed by atoms with van der Waals surface area (Å²) < 4.78 is 32.7. The van der Waals surface area contributed by atoms with Crippen LogP contribution in [0.25, 0.3) is 10.8 Å². The minimum atomic E-state index is -2.76. The summed E-state index contributed by atoms with van der Waals surface area (Å²) in [5, 5.41) is 3.57. The predicted molar refractivity (Wildman–Crippen MR) is 139 cm³/mol. The number of carbonyl (C=O) groups excluding carboxylic acids is 1. The first-order chi connectivity index (χ1) is 18.4. The Balaban J connectivity index is 1.25. The number of carbonyl (C=O) groups is 1. The summed E-state index contributed by atoms with van der Waals surface area (Å²) >= 11 is 0. The van der Waals surface area contributed by atoms with Crippen LogP contribution in [0.3, 0.4) is 0 Å². The van der Waals surface area contributed by atoms with E-state index in [1.54, 1.807) is 12.3 Å². The highest BCUT2D eigenvalue weighted by atomic mass is 19.3. The molecule has 196 valence electrons. The fourth-order valence-corrected chi connectivity index (χ4v) is 5.59. The highest BCUT2D eigenvalue weighted by Gasteiger charge is 2.60. The monoisotopic (exact) mass is 518 g/mol. The minimum absolute atomic E-state index is 0.0511. The molecule has 3 aliphatic rings. The van der Waals surface area contributed by atoms with Crippen molar-refractivity contribution in [1.29, 1.82) is 0 Å². The molecule has 1 amide bonds. The molecule has 2 aliphatic heterocycles. The number of morpholine rings is 1. The molecule has 1 N–H and O–H groups in total. The van der Waals surface area contributed by atoms with Gasteiger partial charge in [0.2, 0.25) is 5.91 Å². The maximum absolute atomic E-state index is 13.7. The van der Waals surface area contributed by atoms with Gasteiger partial charge in [0.05, 0.1) is 30.7 Å². The molecule has 0 bridgehead atoms. The maximum Gasteiger partial charge on any atom is 0.281 e. The van der Waals surface area contributed by atoms with Crippen molar-refractivity contribution < 1.29 is 18.3 Å². The smallest absolute Gasteiger partial charge is 0.281 e. The quantitative estimate of drug-likeness (QED) is 0.530. The molecule has 2 saturated heterocycles. The lowest BCUT2D eigenvalue weighted by atomic mass is 10.0. The van der Waals surface area contributed by atoms with Crippen LogP contribution < -0.4 is 10.2 Å². The number of amides is 1. The summed E-state index contributed by atoms with van der Waals surface area (Å²) in [4.78, 5) is 30.0. The van der Waals surface area contributed by atoms with Crippen LogP contribution in [0, 0.1) is 23.2 Å². The van der Waals surface area contributed by atoms with E-state index in [4.69, 9.17) is 4.74 Å². The van der Waals surface area contributed by atoms with Gasteiger partial charge in [-0.25, -0.2) is 18.7 Å². The molecular formula is C28H28F2N6O2. The molecular weight excluding hydrogens is 490 g/mol. The van der Waals surface area contributed by atoms with Crippen molar-refractivity contribution in [3.63, 3.8) is 0 Å². The third-order valence-corrected chi connectivity index (χ3v) is 7.79. The van der Waals surface area contributed by atoms with Crippen LogP contribution in [0.1, 0.15) is 36.2 Å². The molecule has 3 fully saturated rings. The largest absolute Gasteiger partial charge is 0.378 e. The van der Waals surface area contributed by atoms with Crippen LogP contribution >= 0.6 is 0 Å². The van der Waals surface area contributed by atoms with E-state index in [0.717, 1.165) is 44.7 Å². The molecule has 5 heterocycles. The minimum Gasteiger partial charge on any atom is -0.378 e. The highest BCUT2D eigenvalue weighted by molar-refractivity contribution is 5.97. The Morgan fingerprint density at radius 3 is 2.66 bits per heavy atom. The average molecular weight is 519 g/mol. The molecule has 1 saturated carbocycles. The molecule has 8 nitrogen and oxygen atoms in total. The summed E-state index contributed by atoms with van der Waals surface area (Å²) in [6.07, 6.45) is 3.57. The van der Waals surface area contributed by atoms with E-state index >= 15 is 0 Å². The number of aromatic nitrogens is 3. The van der Waals surface area contributed by atoms with Gasteiger partial charge in [-0.15, -0.1) is 0 Å². The van der Waals surface area contributed by atoms with Crippen molar-refractivity contribution in [2.45, 2.75) is 19.3 Å². The van der Waals surface area contributed by atoms with Gasteiger partial charge in [0.15, 0.2) is 0 Å². The molecule has 38 heavy (non-hydrogen) atoms. The number of ether oxygens (including phenoxy) is 1. The van der Waals surface area contributed by atoms with E-state index < -0.39 is 6.43 Å². The van der Waals surface area contributed by atoms with Crippen molar-refractivity contribution >= 4 is 28.2 Å². The van der Waals surface area contributed by atoms with Crippen molar-refractivity contribution in [2.75, 3.05) is 56.7 Å². The first-order valence-electron chi connectivity index (χ1n) is 12.8. The number of likely N-dealkylation sites (tertiary alicyclic amines) is 1. The molecule has 0 unspecified atom stereocenters. The van der Waals surface area contributed by atoms with Crippen LogP contribution in [-0.2, 0) is 9.53 Å². The summed E-state index contributed by atoms with van der Waals surface area (Å²) in [6.45, 7) is 4.91. The summed E-state index contributed by atoms with van der Waals surface area (Å²) in [6, 6.07) is 5.40. The Morgan fingerprint density at radius 2 is 1.95 bits per heavy atom. The average Bonchev–Trinajstić information content (AvgIpc) is 3.52. The SMILES string of the molecule is CN1CC[C@]2(C[C@@H]2C(=O)Nc2cc3c(C#Cc4ccc(N5CCOCC5)cn4)cnc(C(F)F)c3cn2)C1. The van der Waals surface area contributed by atoms with Crippen LogP contribution in [0.2, 0.25) is 0 Å². The van der Waals surface area contributed by atoms with E-state index in [2.05, 4.69) is 49.0 Å². The normalized spacial score (nSPS) is 23.1. The Hall–Kier alpha value is -3.68.